The zero-order valence-electron chi connectivity index (χ0n) is 15.8. The number of aryl methyl sites for hydroxylation is 2. The molecule has 3 rings (SSSR count). The molecule has 0 aliphatic carbocycles. The van der Waals surface area contributed by atoms with Crippen molar-refractivity contribution in [3.63, 3.8) is 0 Å². The van der Waals surface area contributed by atoms with Crippen LogP contribution in [-0.4, -0.2) is 29.3 Å². The van der Waals surface area contributed by atoms with Crippen LogP contribution in [0.5, 0.6) is 0 Å². The molecule has 3 aromatic rings. The first-order valence-corrected chi connectivity index (χ1v) is 10.6. The number of thiol groups is 1. The van der Waals surface area contributed by atoms with E-state index < -0.39 is 34.5 Å². The van der Waals surface area contributed by atoms with Crippen LogP contribution in [0.15, 0.2) is 30.6 Å². The van der Waals surface area contributed by atoms with Gasteiger partial charge in [-0.25, -0.2) is 31.9 Å². The summed E-state index contributed by atoms with van der Waals surface area (Å²) in [6.45, 7) is 3.68. The summed E-state index contributed by atoms with van der Waals surface area (Å²) in [6.07, 6.45) is 2.87. The van der Waals surface area contributed by atoms with Gasteiger partial charge < -0.3 is 5.32 Å². The van der Waals surface area contributed by atoms with Crippen LogP contribution in [-0.2, 0) is 17.4 Å². The van der Waals surface area contributed by atoms with Crippen LogP contribution in [0.1, 0.15) is 43.4 Å². The fraction of sp³-hybridized carbons (Fsp3) is 0.222. The summed E-state index contributed by atoms with van der Waals surface area (Å²) < 4.78 is 51.7. The number of nitrogens with zero attached hydrogens (tertiary/aromatic N) is 3. The third-order valence-electron chi connectivity index (χ3n) is 4.09. The van der Waals surface area contributed by atoms with Crippen molar-refractivity contribution in [1.82, 2.24) is 25.0 Å². The molecule has 1 atom stereocenters. The second-order valence-electron chi connectivity index (χ2n) is 6.25. The minimum absolute atomic E-state index is 0.0352. The van der Waals surface area contributed by atoms with E-state index in [1.807, 2.05) is 6.92 Å². The highest BCUT2D eigenvalue weighted by Crippen LogP contribution is 2.24. The summed E-state index contributed by atoms with van der Waals surface area (Å²) in [4.78, 5) is 25.7. The van der Waals surface area contributed by atoms with E-state index in [0.29, 0.717) is 0 Å². The summed E-state index contributed by atoms with van der Waals surface area (Å²) in [5.41, 5.74) is 0.599. The van der Waals surface area contributed by atoms with Gasteiger partial charge in [-0.2, -0.15) is 0 Å². The number of amides is 1. The van der Waals surface area contributed by atoms with Crippen LogP contribution >= 0.6 is 11.3 Å². The van der Waals surface area contributed by atoms with Gasteiger partial charge in [0.1, 0.15) is 5.69 Å². The first-order valence-electron chi connectivity index (χ1n) is 8.63. The maximum Gasteiger partial charge on any atom is 0.271 e. The third kappa shape index (κ3) is 5.20. The van der Waals surface area contributed by atoms with E-state index in [-0.39, 0.29) is 29.2 Å². The molecular weight excluding hydrogens is 436 g/mol. The van der Waals surface area contributed by atoms with Gasteiger partial charge in [0.25, 0.3) is 5.91 Å². The molecule has 2 N–H and O–H groups in total. The van der Waals surface area contributed by atoms with Crippen LogP contribution in [0.25, 0.3) is 0 Å². The lowest BCUT2D eigenvalue weighted by atomic mass is 10.0. The first kappa shape index (κ1) is 21.9. The van der Waals surface area contributed by atoms with Gasteiger partial charge >= 0.3 is 0 Å². The van der Waals surface area contributed by atoms with Gasteiger partial charge in [-0.3, -0.25) is 9.78 Å². The van der Waals surface area contributed by atoms with E-state index in [9.17, 15) is 22.0 Å². The molecule has 12 heteroatoms. The van der Waals surface area contributed by atoms with Gasteiger partial charge in [0.05, 0.1) is 35.2 Å². The first-order chi connectivity index (χ1) is 14.2. The summed E-state index contributed by atoms with van der Waals surface area (Å²) in [7, 11) is -3.08. The van der Waals surface area contributed by atoms with Gasteiger partial charge in [-0.1, -0.05) is 6.07 Å². The average molecular weight is 453 g/mol. The molecule has 158 valence electrons. The van der Waals surface area contributed by atoms with Crippen molar-refractivity contribution in [2.75, 3.05) is 0 Å². The summed E-state index contributed by atoms with van der Waals surface area (Å²) in [5, 5.41) is 3.59. The van der Waals surface area contributed by atoms with Crippen LogP contribution in [0.4, 0.5) is 8.78 Å². The lowest BCUT2D eigenvalue weighted by molar-refractivity contribution is 0.0945. The van der Waals surface area contributed by atoms with Crippen LogP contribution in [0, 0.1) is 25.5 Å². The van der Waals surface area contributed by atoms with Gasteiger partial charge in [0.15, 0.2) is 11.6 Å². The lowest BCUT2D eigenvalue weighted by Gasteiger charge is -2.17. The standard InChI is InChI=1S/C18H17F2N5O3S2/c1-9-16(17(25-30(27)28)11-3-4-13(19)14(20)5-11)22-8-15(24-9)18(26)23-7-12-6-21-10(2)29-12/h3-6,8,17,30H,7H2,1-2H3,(H,23,26)(H,25,27,28). The molecule has 0 aliphatic heterocycles. The maximum atomic E-state index is 13.6. The number of carbonyl (C=O) groups is 1. The van der Waals surface area contributed by atoms with E-state index in [1.54, 1.807) is 6.20 Å². The van der Waals surface area contributed by atoms with Gasteiger partial charge in [0, 0.05) is 11.1 Å². The largest absolute Gasteiger partial charge is 0.346 e. The molecule has 0 fully saturated rings. The number of nitrogens with one attached hydrogen (secondary N) is 2. The summed E-state index contributed by atoms with van der Waals surface area (Å²) >= 11 is 1.45. The van der Waals surface area contributed by atoms with Crippen molar-refractivity contribution in [3.05, 3.63) is 74.8 Å². The van der Waals surface area contributed by atoms with Crippen molar-refractivity contribution in [3.8, 4) is 0 Å². The van der Waals surface area contributed by atoms with Gasteiger partial charge in [-0.15, -0.1) is 11.3 Å². The van der Waals surface area contributed by atoms with E-state index in [0.717, 1.165) is 22.0 Å². The highest BCUT2D eigenvalue weighted by atomic mass is 32.2. The number of rotatable bonds is 7. The predicted octanol–water partition coefficient (Wildman–Crippen LogP) is 1.96. The van der Waals surface area contributed by atoms with Crippen LogP contribution in [0.2, 0.25) is 0 Å². The molecule has 1 unspecified atom stereocenters. The molecule has 2 aromatic heterocycles. The Kier molecular flexibility index (Phi) is 6.80. The number of hydrogen-bond acceptors (Lipinski definition) is 7. The fourth-order valence-electron chi connectivity index (χ4n) is 2.72. The number of carbonyl (C=O) groups excluding carboxylic acids is 1. The minimum atomic E-state index is -3.08. The van der Waals surface area contributed by atoms with Crippen LogP contribution in [0.3, 0.4) is 0 Å². The number of thiazole rings is 1. The highest BCUT2D eigenvalue weighted by molar-refractivity contribution is 7.70. The minimum Gasteiger partial charge on any atom is -0.346 e. The monoisotopic (exact) mass is 453 g/mol. The van der Waals surface area contributed by atoms with Crippen molar-refractivity contribution < 1.29 is 22.0 Å². The third-order valence-corrected chi connectivity index (χ3v) is 5.48. The van der Waals surface area contributed by atoms with Crippen molar-refractivity contribution in [1.29, 1.82) is 0 Å². The highest BCUT2D eigenvalue weighted by Gasteiger charge is 2.22. The number of hydrogen-bond donors (Lipinski definition) is 3. The van der Waals surface area contributed by atoms with Crippen molar-refractivity contribution in [2.24, 2.45) is 0 Å². The number of halogens is 2. The molecule has 0 bridgehead atoms. The molecule has 0 aliphatic rings. The Labute approximate surface area is 176 Å². The molecule has 8 nitrogen and oxygen atoms in total. The van der Waals surface area contributed by atoms with Gasteiger partial charge in [0.2, 0.25) is 10.9 Å². The van der Waals surface area contributed by atoms with E-state index in [2.05, 4.69) is 25.0 Å². The van der Waals surface area contributed by atoms with Gasteiger partial charge in [-0.05, 0) is 31.5 Å². The molecule has 0 saturated carbocycles. The Bertz CT molecular complexity index is 1160. The molecule has 1 aromatic carbocycles. The zero-order valence-corrected chi connectivity index (χ0v) is 17.6. The summed E-state index contributed by atoms with van der Waals surface area (Å²) in [5.74, 6) is -2.65. The topological polar surface area (TPSA) is 114 Å². The quantitative estimate of drug-likeness (QED) is 0.472. The van der Waals surface area contributed by atoms with E-state index in [4.69, 9.17) is 0 Å². The Morgan fingerprint density at radius 3 is 2.53 bits per heavy atom. The Morgan fingerprint density at radius 2 is 1.93 bits per heavy atom. The second kappa shape index (κ2) is 9.32. The number of aromatic nitrogens is 3. The van der Waals surface area contributed by atoms with Crippen molar-refractivity contribution in [2.45, 2.75) is 26.4 Å². The molecule has 30 heavy (non-hydrogen) atoms. The molecule has 2 heterocycles. The lowest BCUT2D eigenvalue weighted by Crippen LogP contribution is -2.26. The average Bonchev–Trinajstić information content (AvgIpc) is 3.11. The molecule has 0 radical (unpaired) electrons. The summed E-state index contributed by atoms with van der Waals surface area (Å²) in [6, 6.07) is 1.92. The Hall–Kier alpha value is -2.83. The molecule has 0 spiro atoms. The van der Waals surface area contributed by atoms with Crippen molar-refractivity contribution >= 4 is 28.1 Å². The zero-order chi connectivity index (χ0) is 21.8. The fourth-order valence-corrected chi connectivity index (χ4v) is 3.94. The second-order valence-corrected chi connectivity index (χ2v) is 8.34. The molecule has 0 saturated heterocycles. The van der Waals surface area contributed by atoms with Crippen LogP contribution < -0.4 is 10.0 Å². The number of benzene rings is 1. The van der Waals surface area contributed by atoms with E-state index >= 15 is 0 Å². The van der Waals surface area contributed by atoms with E-state index in [1.165, 1.54) is 30.5 Å². The Balaban J connectivity index is 1.84. The maximum absolute atomic E-state index is 13.6. The SMILES string of the molecule is Cc1ncc(CNC(=O)c2cnc(C(N[SH](=O)=O)c3ccc(F)c(F)c3)c(C)n2)s1. The smallest absolute Gasteiger partial charge is 0.271 e. The molecule has 1 amide bonds. The molecular formula is C18H17F2N5O3S2. The normalized spacial score (nSPS) is 12.2. The predicted molar refractivity (Wildman–Crippen MR) is 106 cm³/mol. The Morgan fingerprint density at radius 1 is 1.17 bits per heavy atom.